The van der Waals surface area contributed by atoms with Crippen LogP contribution in [0.5, 0.6) is 11.5 Å². The fourth-order valence-corrected chi connectivity index (χ4v) is 12.3. The first-order chi connectivity index (χ1) is 38.6. The van der Waals surface area contributed by atoms with Crippen LogP contribution in [0.1, 0.15) is 54.5 Å². The van der Waals surface area contributed by atoms with Crippen LogP contribution in [0.15, 0.2) is 118 Å². The molecule has 0 aliphatic heterocycles. The largest absolute Gasteiger partial charge is 0.482 e. The number of nitrogens with zero attached hydrogens (tertiary/aromatic N) is 4. The predicted octanol–water partition coefficient (Wildman–Crippen LogP) is 16.2. The lowest BCUT2D eigenvalue weighted by atomic mass is 10.1. The summed E-state index contributed by atoms with van der Waals surface area (Å²) >= 11 is 12.9. The SMILES string of the molecule is Cc1cc(SCc2sc(-c3ccc(C(F)(F)F)c(F)c3)nc2C)ccc1OCC(=O)O.Cc1cc(SCc2sc(-c3ccc(C(F)(F)F)cc3)nc2C)ccc1OCC(=O)O.Cc1cccc(Nc2cc(Cl)nc(SCC(=O)O)n2)c1C. The van der Waals surface area contributed by atoms with Gasteiger partial charge in [0.1, 0.15) is 38.3 Å². The van der Waals surface area contributed by atoms with Crippen molar-refractivity contribution in [3.05, 3.63) is 169 Å². The number of benzene rings is 5. The number of anilines is 2. The molecule has 0 saturated carbocycles. The van der Waals surface area contributed by atoms with E-state index in [2.05, 4.69) is 25.3 Å². The number of aryl methyl sites for hydroxylation is 5. The average molecular weight is 1250 g/mol. The molecule has 4 N–H and O–H groups in total. The minimum absolute atomic E-state index is 0.108. The zero-order valence-electron chi connectivity index (χ0n) is 44.1. The molecule has 3 aromatic heterocycles. The number of rotatable bonds is 19. The molecule has 82 heavy (non-hydrogen) atoms. The lowest BCUT2D eigenvalue weighted by Crippen LogP contribution is -2.09. The van der Waals surface area contributed by atoms with E-state index in [0.717, 1.165) is 89.3 Å². The van der Waals surface area contributed by atoms with Crippen molar-refractivity contribution in [3.63, 3.8) is 0 Å². The number of aromatic nitrogens is 4. The van der Waals surface area contributed by atoms with Crippen molar-refractivity contribution >= 4 is 99.0 Å². The second-order valence-electron chi connectivity index (χ2n) is 17.5. The highest BCUT2D eigenvalue weighted by Crippen LogP contribution is 2.39. The van der Waals surface area contributed by atoms with E-state index in [-0.39, 0.29) is 17.5 Å². The summed E-state index contributed by atoms with van der Waals surface area (Å²) in [5.41, 5.74) is 5.40. The van der Waals surface area contributed by atoms with E-state index in [1.54, 1.807) is 36.9 Å². The van der Waals surface area contributed by atoms with E-state index < -0.39 is 53.8 Å². The molecule has 0 fully saturated rings. The number of carboxylic acid groups (broad SMARTS) is 3. The fourth-order valence-electron chi connectivity index (χ4n) is 7.05. The molecule has 432 valence electrons. The van der Waals surface area contributed by atoms with Crippen LogP contribution in [0.2, 0.25) is 5.15 Å². The van der Waals surface area contributed by atoms with Gasteiger partial charge in [-0.25, -0.2) is 33.9 Å². The summed E-state index contributed by atoms with van der Waals surface area (Å²) in [6, 6.07) is 26.3. The molecule has 0 atom stereocenters. The number of carboxylic acids is 3. The van der Waals surface area contributed by atoms with Crippen LogP contribution in [-0.2, 0) is 38.2 Å². The highest BCUT2D eigenvalue weighted by molar-refractivity contribution is 7.99. The van der Waals surface area contributed by atoms with Crippen LogP contribution in [0.4, 0.5) is 42.2 Å². The first kappa shape index (κ1) is 64.3. The maximum absolute atomic E-state index is 13.9. The van der Waals surface area contributed by atoms with Crippen LogP contribution >= 0.6 is 69.6 Å². The Balaban J connectivity index is 0.000000202. The first-order valence-electron chi connectivity index (χ1n) is 24.0. The third kappa shape index (κ3) is 19.1. The molecule has 3 heterocycles. The normalized spacial score (nSPS) is 11.2. The summed E-state index contributed by atoms with van der Waals surface area (Å²) in [5, 5.41) is 31.0. The highest BCUT2D eigenvalue weighted by atomic mass is 35.5. The Hall–Kier alpha value is -6.90. The minimum atomic E-state index is -4.74. The van der Waals surface area contributed by atoms with Crippen molar-refractivity contribution in [1.82, 2.24) is 19.9 Å². The Labute approximate surface area is 491 Å². The molecule has 0 bridgehead atoms. The zero-order chi connectivity index (χ0) is 60.1. The van der Waals surface area contributed by atoms with E-state index in [1.165, 1.54) is 58.2 Å². The molecule has 0 radical (unpaired) electrons. The molecule has 8 rings (SSSR count). The summed E-state index contributed by atoms with van der Waals surface area (Å²) < 4.78 is 101. The van der Waals surface area contributed by atoms with Crippen LogP contribution < -0.4 is 14.8 Å². The molecule has 0 saturated heterocycles. The van der Waals surface area contributed by atoms with Crippen LogP contribution in [-0.4, -0.2) is 72.1 Å². The molecule has 0 amide bonds. The first-order valence-corrected chi connectivity index (χ1v) is 29.0. The number of halogens is 8. The summed E-state index contributed by atoms with van der Waals surface area (Å²) in [6.07, 6.45) is -9.10. The van der Waals surface area contributed by atoms with E-state index >= 15 is 0 Å². The Morgan fingerprint density at radius 2 is 1.12 bits per heavy atom. The Kier molecular flexibility index (Phi) is 22.6. The molecule has 0 aliphatic rings. The quantitative estimate of drug-likeness (QED) is 0.0258. The van der Waals surface area contributed by atoms with Crippen LogP contribution in [0.25, 0.3) is 21.1 Å². The van der Waals surface area contributed by atoms with Gasteiger partial charge in [0.05, 0.1) is 28.3 Å². The third-order valence-corrected chi connectivity index (χ3v) is 17.2. The lowest BCUT2D eigenvalue weighted by molar-refractivity contribution is -0.140. The predicted molar refractivity (Wildman–Crippen MR) is 307 cm³/mol. The van der Waals surface area contributed by atoms with Gasteiger partial charge in [0.25, 0.3) is 0 Å². The van der Waals surface area contributed by atoms with E-state index in [9.17, 15) is 45.1 Å². The van der Waals surface area contributed by atoms with Gasteiger partial charge in [0.2, 0.25) is 0 Å². The van der Waals surface area contributed by atoms with Gasteiger partial charge in [-0.15, -0.1) is 46.2 Å². The van der Waals surface area contributed by atoms with Gasteiger partial charge in [-0.05, 0) is 131 Å². The zero-order valence-corrected chi connectivity index (χ0v) is 48.9. The lowest BCUT2D eigenvalue weighted by Gasteiger charge is -2.11. The van der Waals surface area contributed by atoms with Gasteiger partial charge >= 0.3 is 30.3 Å². The van der Waals surface area contributed by atoms with Crippen LogP contribution in [0.3, 0.4) is 0 Å². The van der Waals surface area contributed by atoms with Gasteiger partial charge in [-0.1, -0.05) is 53.7 Å². The maximum atomic E-state index is 13.9. The van der Waals surface area contributed by atoms with Gasteiger partial charge in [-0.3, -0.25) is 4.79 Å². The molecular weight excluding hydrogens is 1200 g/mol. The standard InChI is InChI=1S/C21H17F4NO3S2.C21H18F3NO3S2.C14H14ClN3O2S/c1-11-7-14(4-6-17(11)29-9-19(27)28)30-10-18-12(2)26-20(31-18)13-3-5-15(16(22)8-13)21(23,24)25;1-12-9-16(7-8-17(12)28-10-19(26)27)29-11-18-13(2)25-20(30-18)14-3-5-15(6-4-14)21(22,23)24;1-8-4-3-5-10(9(8)2)16-12-6-11(15)17-14(18-12)21-7-13(19)20/h3-8H,9-10H2,1-2H3,(H,27,28);3-9H,10-11H2,1-2H3,(H,26,27);3-6H,7H2,1-2H3,(H,19,20)(H,16,17,18). The molecule has 8 aromatic rings. The number of ether oxygens (including phenoxy) is 2. The van der Waals surface area contributed by atoms with Crippen molar-refractivity contribution in [2.45, 2.75) is 80.3 Å². The second-order valence-corrected chi connectivity index (χ2v) is 23.1. The third-order valence-electron chi connectivity index (χ3n) is 11.4. The minimum Gasteiger partial charge on any atom is -0.482 e. The van der Waals surface area contributed by atoms with E-state index in [4.69, 9.17) is 36.4 Å². The fraction of sp³-hybridized carbons (Fsp3) is 0.232. The number of nitrogens with one attached hydrogen (secondary N) is 1. The number of hydrogen-bond acceptors (Lipinski definition) is 15. The summed E-state index contributed by atoms with van der Waals surface area (Å²) in [7, 11) is 0. The average Bonchev–Trinajstić information content (AvgIpc) is 4.03. The summed E-state index contributed by atoms with van der Waals surface area (Å²) in [5.74, 6) is -1.64. The van der Waals surface area contributed by atoms with E-state index in [1.807, 2.05) is 77.1 Å². The summed E-state index contributed by atoms with van der Waals surface area (Å²) in [4.78, 5) is 52.9. The number of carbonyl (C=O) groups is 3. The number of hydrogen-bond donors (Lipinski definition) is 4. The Morgan fingerprint density at radius 3 is 1.60 bits per heavy atom. The van der Waals surface area contributed by atoms with Gasteiger partial charge in [0, 0.05) is 53.9 Å². The monoisotopic (exact) mass is 1250 g/mol. The molecule has 0 unspecified atom stereocenters. The van der Waals surface area contributed by atoms with Crippen molar-refractivity contribution in [1.29, 1.82) is 0 Å². The molecule has 26 heteroatoms. The van der Waals surface area contributed by atoms with Crippen molar-refractivity contribution in [2.75, 3.05) is 24.3 Å². The molecule has 0 aliphatic carbocycles. The van der Waals surface area contributed by atoms with Gasteiger partial charge < -0.3 is 30.1 Å². The van der Waals surface area contributed by atoms with Crippen LogP contribution in [0, 0.1) is 47.4 Å². The smallest absolute Gasteiger partial charge is 0.419 e. The van der Waals surface area contributed by atoms with Crippen molar-refractivity contribution in [3.8, 4) is 32.6 Å². The second kappa shape index (κ2) is 28.9. The van der Waals surface area contributed by atoms with Gasteiger partial charge in [0.15, 0.2) is 18.4 Å². The van der Waals surface area contributed by atoms with Crippen molar-refractivity contribution < 1.29 is 69.9 Å². The number of alkyl halides is 6. The Morgan fingerprint density at radius 1 is 0.598 bits per heavy atom. The number of thiazole rings is 2. The highest BCUT2D eigenvalue weighted by Gasteiger charge is 2.34. The molecular formula is C56H49ClF7N5O8S5. The molecule has 5 aromatic carbocycles. The molecule has 0 spiro atoms. The van der Waals surface area contributed by atoms with E-state index in [0.29, 0.717) is 55.1 Å². The topological polar surface area (TPSA) is 194 Å². The number of aliphatic carboxylic acids is 3. The summed E-state index contributed by atoms with van der Waals surface area (Å²) in [6.45, 7) is 10.6. The molecule has 13 nitrogen and oxygen atoms in total. The number of thioether (sulfide) groups is 3. The van der Waals surface area contributed by atoms with Crippen molar-refractivity contribution in [2.24, 2.45) is 0 Å². The maximum Gasteiger partial charge on any atom is 0.419 e. The Bertz CT molecular complexity index is 3570. The van der Waals surface area contributed by atoms with Gasteiger partial charge in [-0.2, -0.15) is 26.3 Å².